The van der Waals surface area contributed by atoms with Gasteiger partial charge in [-0.1, -0.05) is 5.20 Å². The lowest BCUT2D eigenvalue weighted by atomic mass is 9.86. The van der Waals surface area contributed by atoms with E-state index in [4.69, 9.17) is 12.3 Å². The van der Waals surface area contributed by atoms with E-state index in [1.54, 1.807) is 0 Å². The maximum absolute atomic E-state index is 6.27. The zero-order valence-electron chi connectivity index (χ0n) is 17.1. The minimum atomic E-state index is -1.90. The van der Waals surface area contributed by atoms with Gasteiger partial charge < -0.3 is 12.3 Å². The first-order valence-corrected chi connectivity index (χ1v) is 14.6. The molecule has 0 aliphatic rings. The lowest BCUT2D eigenvalue weighted by Gasteiger charge is -2.28. The SMILES string of the molecule is CC(=C(C)[Si](C)(C)O[SiH2]O[SiH2]O[SiH3])c1c(C)c(C)c(C)c(C)c1C. The second-order valence-corrected chi connectivity index (χ2v) is 16.5. The Labute approximate surface area is 157 Å². The highest BCUT2D eigenvalue weighted by molar-refractivity contribution is 6.82. The molecule has 0 radical (unpaired) electrons. The Balaban J connectivity index is 3.28. The normalized spacial score (nSPS) is 14.4. The molecule has 0 heterocycles. The van der Waals surface area contributed by atoms with Crippen molar-refractivity contribution in [1.82, 2.24) is 0 Å². The first-order valence-electron chi connectivity index (χ1n) is 8.52. The summed E-state index contributed by atoms with van der Waals surface area (Å²) in [7, 11) is -2.81. The molecule has 0 aromatic heterocycles. The molecule has 1 aromatic rings. The Morgan fingerprint density at radius 2 is 1.29 bits per heavy atom. The summed E-state index contributed by atoms with van der Waals surface area (Å²) in [4.78, 5) is 0. The van der Waals surface area contributed by atoms with E-state index in [0.717, 1.165) is 10.5 Å². The third-order valence-electron chi connectivity index (χ3n) is 5.54. The van der Waals surface area contributed by atoms with Crippen LogP contribution in [-0.2, 0) is 12.3 Å². The van der Waals surface area contributed by atoms with Crippen molar-refractivity contribution in [3.8, 4) is 0 Å². The summed E-state index contributed by atoms with van der Waals surface area (Å²) in [6.45, 7) is 20.3. The predicted octanol–water partition coefficient (Wildman–Crippen LogP) is 2.09. The van der Waals surface area contributed by atoms with Gasteiger partial charge in [-0.25, -0.2) is 0 Å². The van der Waals surface area contributed by atoms with Crippen LogP contribution in [0.2, 0.25) is 13.1 Å². The van der Waals surface area contributed by atoms with E-state index in [9.17, 15) is 0 Å². The Morgan fingerprint density at radius 1 is 0.833 bits per heavy atom. The second-order valence-electron chi connectivity index (χ2n) is 7.13. The number of hydrogen-bond acceptors (Lipinski definition) is 3. The fraction of sp³-hybridized carbons (Fsp3) is 0.529. The first kappa shape index (κ1) is 21.7. The molecule has 1 rings (SSSR count). The first-order chi connectivity index (χ1) is 11.1. The number of benzene rings is 1. The summed E-state index contributed by atoms with van der Waals surface area (Å²) in [6, 6.07) is 0. The minimum absolute atomic E-state index is 0.766. The van der Waals surface area contributed by atoms with Crippen LogP contribution in [0.5, 0.6) is 0 Å². The molecule has 0 aliphatic heterocycles. The highest BCUT2D eigenvalue weighted by Crippen LogP contribution is 2.34. The highest BCUT2D eigenvalue weighted by atomic mass is 28.4. The van der Waals surface area contributed by atoms with Gasteiger partial charge in [0.15, 0.2) is 0 Å². The summed E-state index contributed by atoms with van der Waals surface area (Å²) in [6.07, 6.45) is 0. The minimum Gasteiger partial charge on any atom is -0.449 e. The molecule has 0 fully saturated rings. The van der Waals surface area contributed by atoms with Gasteiger partial charge in [-0.15, -0.1) is 0 Å². The van der Waals surface area contributed by atoms with Crippen LogP contribution < -0.4 is 0 Å². The lowest BCUT2D eigenvalue weighted by Crippen LogP contribution is -2.36. The average molecular weight is 399 g/mol. The maximum atomic E-state index is 6.27. The van der Waals surface area contributed by atoms with Crippen LogP contribution in [-0.4, -0.2) is 38.8 Å². The van der Waals surface area contributed by atoms with Crippen molar-refractivity contribution in [3.05, 3.63) is 38.6 Å². The third kappa shape index (κ3) is 4.66. The van der Waals surface area contributed by atoms with Crippen molar-refractivity contribution >= 4 is 44.4 Å². The monoisotopic (exact) mass is 398 g/mol. The van der Waals surface area contributed by atoms with Crippen LogP contribution >= 0.6 is 0 Å². The van der Waals surface area contributed by atoms with E-state index >= 15 is 0 Å². The molecule has 0 bridgehead atoms. The van der Waals surface area contributed by atoms with Gasteiger partial charge in [0.25, 0.3) is 20.0 Å². The molecule has 0 aliphatic carbocycles. The summed E-state index contributed by atoms with van der Waals surface area (Å²) < 4.78 is 17.1. The fourth-order valence-corrected chi connectivity index (χ4v) is 9.71. The van der Waals surface area contributed by atoms with Crippen LogP contribution in [0.4, 0.5) is 0 Å². The van der Waals surface area contributed by atoms with Crippen molar-refractivity contribution in [3.63, 3.8) is 0 Å². The quantitative estimate of drug-likeness (QED) is 0.520. The number of allylic oxidation sites excluding steroid dienone is 2. The zero-order valence-corrected chi connectivity index (χ0v) is 23.0. The molecule has 136 valence electrons. The fourth-order valence-electron chi connectivity index (χ4n) is 3.12. The number of hydrogen-bond donors (Lipinski definition) is 0. The van der Waals surface area contributed by atoms with Gasteiger partial charge in [0.1, 0.15) is 10.5 Å². The Bertz CT molecular complexity index is 610. The molecular weight excluding hydrogens is 365 g/mol. The summed E-state index contributed by atoms with van der Waals surface area (Å²) in [5, 5.41) is 1.42. The van der Waals surface area contributed by atoms with E-state index in [2.05, 4.69) is 61.6 Å². The van der Waals surface area contributed by atoms with Gasteiger partial charge in [-0.2, -0.15) is 0 Å². The van der Waals surface area contributed by atoms with E-state index in [-0.39, 0.29) is 0 Å². The Hall–Kier alpha value is -0.292. The third-order valence-corrected chi connectivity index (χ3v) is 13.4. The molecule has 0 atom stereocenters. The smallest absolute Gasteiger partial charge is 0.285 e. The lowest BCUT2D eigenvalue weighted by molar-refractivity contribution is 0.428. The summed E-state index contributed by atoms with van der Waals surface area (Å²) >= 11 is 0. The van der Waals surface area contributed by atoms with Gasteiger partial charge in [0, 0.05) is 0 Å². The van der Waals surface area contributed by atoms with Crippen molar-refractivity contribution in [2.75, 3.05) is 0 Å². The van der Waals surface area contributed by atoms with E-state index in [1.807, 2.05) is 0 Å². The number of rotatable bonds is 7. The van der Waals surface area contributed by atoms with Crippen molar-refractivity contribution < 1.29 is 12.3 Å². The highest BCUT2D eigenvalue weighted by Gasteiger charge is 2.28. The molecule has 7 heteroatoms. The molecule has 0 amide bonds. The van der Waals surface area contributed by atoms with Crippen LogP contribution in [0.25, 0.3) is 5.57 Å². The Morgan fingerprint density at radius 3 is 1.75 bits per heavy atom. The molecule has 0 unspecified atom stereocenters. The van der Waals surface area contributed by atoms with E-state index in [1.165, 1.54) is 44.2 Å². The van der Waals surface area contributed by atoms with E-state index < -0.39 is 28.3 Å². The van der Waals surface area contributed by atoms with Gasteiger partial charge >= 0.3 is 0 Å². The van der Waals surface area contributed by atoms with Crippen molar-refractivity contribution in [1.29, 1.82) is 0 Å². The molecule has 1 aromatic carbocycles. The maximum Gasteiger partial charge on any atom is 0.285 e. The Kier molecular flexibility index (Phi) is 8.05. The van der Waals surface area contributed by atoms with Crippen LogP contribution in [0.1, 0.15) is 47.2 Å². The largest absolute Gasteiger partial charge is 0.449 e. The summed E-state index contributed by atoms with van der Waals surface area (Å²) in [5.74, 6) is 0. The van der Waals surface area contributed by atoms with Gasteiger partial charge in [0.05, 0.1) is 0 Å². The molecule has 0 saturated heterocycles. The standard InChI is InChI=1S/C17H34O3Si4/c1-10-11(2)13(4)17(14(5)12(10)3)15(6)16(7)24(8,9)20-23-19-22-18-21/h22-23H2,1-9,21H3. The van der Waals surface area contributed by atoms with Gasteiger partial charge in [-0.05, 0) is 101 Å². The van der Waals surface area contributed by atoms with Crippen LogP contribution in [0.15, 0.2) is 5.20 Å². The van der Waals surface area contributed by atoms with Crippen LogP contribution in [0.3, 0.4) is 0 Å². The molecule has 0 saturated carbocycles. The summed E-state index contributed by atoms with van der Waals surface area (Å²) in [5.41, 5.74) is 9.85. The van der Waals surface area contributed by atoms with E-state index in [0.29, 0.717) is 0 Å². The predicted molar refractivity (Wildman–Crippen MR) is 116 cm³/mol. The average Bonchev–Trinajstić information content (AvgIpc) is 2.54. The molecule has 0 N–H and O–H groups in total. The van der Waals surface area contributed by atoms with Gasteiger partial charge in [0.2, 0.25) is 8.32 Å². The zero-order chi connectivity index (χ0) is 18.7. The second kappa shape index (κ2) is 8.88. The molecule has 0 spiro atoms. The van der Waals surface area contributed by atoms with Gasteiger partial charge in [-0.3, -0.25) is 0 Å². The molecule has 24 heavy (non-hydrogen) atoms. The van der Waals surface area contributed by atoms with Crippen LogP contribution in [0, 0.1) is 34.6 Å². The van der Waals surface area contributed by atoms with Crippen molar-refractivity contribution in [2.45, 2.75) is 61.6 Å². The van der Waals surface area contributed by atoms with Crippen molar-refractivity contribution in [2.24, 2.45) is 0 Å². The topological polar surface area (TPSA) is 27.7 Å². The molecular formula is C17H34O3Si4. The molecule has 3 nitrogen and oxygen atoms in total.